The maximum Gasteiger partial charge on any atom is 0.216 e. The molecule has 1 fully saturated rings. The zero-order valence-corrected chi connectivity index (χ0v) is 12.4. The smallest absolute Gasteiger partial charge is 0.216 e. The third kappa shape index (κ3) is 3.14. The van der Waals surface area contributed by atoms with Crippen LogP contribution in [0, 0.1) is 0 Å². The van der Waals surface area contributed by atoms with Crippen molar-refractivity contribution in [1.29, 1.82) is 0 Å². The Kier molecular flexibility index (Phi) is 3.97. The average Bonchev–Trinajstić information content (AvgIpc) is 2.88. The van der Waals surface area contributed by atoms with Crippen LogP contribution in [0.4, 0.5) is 0 Å². The second-order valence-corrected chi connectivity index (χ2v) is 7.12. The number of rotatable bonds is 4. The molecule has 20 heavy (non-hydrogen) atoms. The van der Waals surface area contributed by atoms with Gasteiger partial charge in [0.05, 0.1) is 24.1 Å². The van der Waals surface area contributed by atoms with Crippen molar-refractivity contribution < 1.29 is 13.2 Å². The monoisotopic (exact) mass is 313 g/mol. The summed E-state index contributed by atoms with van der Waals surface area (Å²) in [5.41, 5.74) is 2.09. The van der Waals surface area contributed by atoms with Crippen molar-refractivity contribution in [1.82, 2.24) is 13.5 Å². The summed E-state index contributed by atoms with van der Waals surface area (Å²) in [6, 6.07) is 5.29. The van der Waals surface area contributed by atoms with Crippen molar-refractivity contribution in [3.8, 4) is 0 Å². The summed E-state index contributed by atoms with van der Waals surface area (Å²) in [5.74, 6) is -0.0771. The predicted octanol–water partition coefficient (Wildman–Crippen LogP) is 1.29. The molecule has 2 aromatic rings. The minimum atomic E-state index is -3.40. The highest BCUT2D eigenvalue weighted by Gasteiger charge is 2.22. The van der Waals surface area contributed by atoms with Gasteiger partial charge >= 0.3 is 0 Å². The van der Waals surface area contributed by atoms with Crippen molar-refractivity contribution in [2.45, 2.75) is 24.6 Å². The lowest BCUT2D eigenvalue weighted by Crippen LogP contribution is -2.41. The molecule has 6 nitrogen and oxygen atoms in total. The van der Waals surface area contributed by atoms with E-state index in [9.17, 15) is 8.42 Å². The number of fused-ring (bicyclic) bond motifs is 1. The molecule has 3 rings (SSSR count). The fourth-order valence-electron chi connectivity index (χ4n) is 2.31. The van der Waals surface area contributed by atoms with Gasteiger partial charge in [-0.2, -0.15) is 8.75 Å². The van der Waals surface area contributed by atoms with Crippen molar-refractivity contribution in [3.63, 3.8) is 0 Å². The van der Waals surface area contributed by atoms with Gasteiger partial charge in [0.1, 0.15) is 11.0 Å². The Morgan fingerprint density at radius 2 is 2.30 bits per heavy atom. The molecule has 1 aromatic carbocycles. The second kappa shape index (κ2) is 5.72. The van der Waals surface area contributed by atoms with E-state index in [4.69, 9.17) is 4.74 Å². The highest BCUT2D eigenvalue weighted by Crippen LogP contribution is 2.19. The van der Waals surface area contributed by atoms with E-state index in [1.807, 2.05) is 6.07 Å². The molecule has 2 heterocycles. The average molecular weight is 313 g/mol. The topological polar surface area (TPSA) is 81.2 Å². The summed E-state index contributed by atoms with van der Waals surface area (Å²) < 4.78 is 40.7. The number of nitrogens with zero attached hydrogens (tertiary/aromatic N) is 2. The van der Waals surface area contributed by atoms with E-state index < -0.39 is 10.0 Å². The molecule has 1 aromatic heterocycles. The van der Waals surface area contributed by atoms with Crippen LogP contribution in [0.1, 0.15) is 18.4 Å². The van der Waals surface area contributed by atoms with Crippen LogP contribution >= 0.6 is 11.7 Å². The molecule has 1 aliphatic heterocycles. The first kappa shape index (κ1) is 13.9. The van der Waals surface area contributed by atoms with E-state index >= 15 is 0 Å². The number of hydrogen-bond acceptors (Lipinski definition) is 6. The molecule has 0 aliphatic carbocycles. The molecule has 1 atom stereocenters. The minimum Gasteiger partial charge on any atom is -0.380 e. The molecule has 8 heteroatoms. The van der Waals surface area contributed by atoms with E-state index in [0.29, 0.717) is 24.3 Å². The quantitative estimate of drug-likeness (QED) is 0.920. The number of nitrogens with one attached hydrogen (secondary N) is 1. The molecule has 1 saturated heterocycles. The van der Waals surface area contributed by atoms with E-state index in [0.717, 1.165) is 30.1 Å². The summed E-state index contributed by atoms with van der Waals surface area (Å²) in [7, 11) is -3.40. The van der Waals surface area contributed by atoms with Gasteiger partial charge in [0.2, 0.25) is 10.0 Å². The lowest BCUT2D eigenvalue weighted by atomic mass is 10.1. The van der Waals surface area contributed by atoms with Crippen LogP contribution < -0.4 is 4.72 Å². The Balaban J connectivity index is 1.77. The first-order chi connectivity index (χ1) is 9.64. The summed E-state index contributed by atoms with van der Waals surface area (Å²) in [4.78, 5) is 0. The largest absolute Gasteiger partial charge is 0.380 e. The van der Waals surface area contributed by atoms with Gasteiger partial charge in [-0.05, 0) is 24.5 Å². The normalized spacial score (nSPS) is 20.3. The Morgan fingerprint density at radius 1 is 1.40 bits per heavy atom. The van der Waals surface area contributed by atoms with Crippen LogP contribution in [0.15, 0.2) is 18.2 Å². The van der Waals surface area contributed by atoms with Gasteiger partial charge < -0.3 is 4.74 Å². The molecule has 0 bridgehead atoms. The van der Waals surface area contributed by atoms with Gasteiger partial charge in [0, 0.05) is 12.6 Å². The Morgan fingerprint density at radius 3 is 3.10 bits per heavy atom. The van der Waals surface area contributed by atoms with Crippen LogP contribution in [-0.4, -0.2) is 36.4 Å². The van der Waals surface area contributed by atoms with Crippen LogP contribution in [0.25, 0.3) is 11.0 Å². The first-order valence-corrected chi connectivity index (χ1v) is 8.80. The van der Waals surface area contributed by atoms with Gasteiger partial charge in [-0.3, -0.25) is 0 Å². The Hall–Kier alpha value is -1.09. The van der Waals surface area contributed by atoms with E-state index in [-0.39, 0.29) is 11.8 Å². The molecule has 1 aliphatic rings. The highest BCUT2D eigenvalue weighted by atomic mass is 32.2. The standard InChI is InChI=1S/C12H15N3O3S2/c16-20(17,15-10-4-2-6-18-7-10)8-9-3-1-5-11-12(9)14-19-13-11/h1,3,5,10,15H,2,4,6-8H2/t10-/m1/s1. The Labute approximate surface area is 121 Å². The molecule has 0 saturated carbocycles. The van der Waals surface area contributed by atoms with Crippen LogP contribution in [0.5, 0.6) is 0 Å². The molecular weight excluding hydrogens is 298 g/mol. The van der Waals surface area contributed by atoms with Crippen LogP contribution in [0.2, 0.25) is 0 Å². The fourth-order valence-corrected chi connectivity index (χ4v) is 4.30. The molecule has 0 spiro atoms. The molecule has 0 radical (unpaired) electrons. The zero-order chi connectivity index (χ0) is 14.0. The predicted molar refractivity (Wildman–Crippen MR) is 77.0 cm³/mol. The number of aromatic nitrogens is 2. The van der Waals surface area contributed by atoms with Gasteiger partial charge in [-0.25, -0.2) is 13.1 Å². The first-order valence-electron chi connectivity index (χ1n) is 6.42. The van der Waals surface area contributed by atoms with Gasteiger partial charge in [0.25, 0.3) is 0 Å². The number of hydrogen-bond donors (Lipinski definition) is 1. The van der Waals surface area contributed by atoms with Crippen molar-refractivity contribution in [2.24, 2.45) is 0 Å². The van der Waals surface area contributed by atoms with Crippen molar-refractivity contribution in [3.05, 3.63) is 23.8 Å². The Bertz CT molecular complexity index is 693. The van der Waals surface area contributed by atoms with Crippen LogP contribution in [0.3, 0.4) is 0 Å². The fraction of sp³-hybridized carbons (Fsp3) is 0.500. The summed E-state index contributed by atoms with van der Waals surface area (Å²) in [6.45, 7) is 1.16. The van der Waals surface area contributed by atoms with E-state index in [1.165, 1.54) is 0 Å². The summed E-state index contributed by atoms with van der Waals surface area (Å²) >= 11 is 1.09. The maximum atomic E-state index is 12.2. The molecule has 0 amide bonds. The molecule has 108 valence electrons. The highest BCUT2D eigenvalue weighted by molar-refractivity contribution is 7.88. The molecular formula is C12H15N3O3S2. The van der Waals surface area contributed by atoms with E-state index in [2.05, 4.69) is 13.5 Å². The number of benzene rings is 1. The minimum absolute atomic E-state index is 0.0771. The van der Waals surface area contributed by atoms with E-state index in [1.54, 1.807) is 12.1 Å². The maximum absolute atomic E-state index is 12.2. The lowest BCUT2D eigenvalue weighted by molar-refractivity contribution is 0.0774. The SMILES string of the molecule is O=S(=O)(Cc1cccc2nsnc12)N[C@@H]1CCCOC1. The molecule has 0 unspecified atom stereocenters. The molecule has 1 N–H and O–H groups in total. The van der Waals surface area contributed by atoms with Gasteiger partial charge in [0.15, 0.2) is 0 Å². The number of ether oxygens (including phenoxy) is 1. The van der Waals surface area contributed by atoms with Crippen molar-refractivity contribution in [2.75, 3.05) is 13.2 Å². The van der Waals surface area contributed by atoms with Gasteiger partial charge in [-0.1, -0.05) is 12.1 Å². The van der Waals surface area contributed by atoms with Crippen molar-refractivity contribution >= 4 is 32.8 Å². The van der Waals surface area contributed by atoms with Gasteiger partial charge in [-0.15, -0.1) is 0 Å². The summed E-state index contributed by atoms with van der Waals surface area (Å²) in [6.07, 6.45) is 1.71. The number of sulfonamides is 1. The zero-order valence-electron chi connectivity index (χ0n) is 10.8. The second-order valence-electron chi connectivity index (χ2n) is 4.84. The lowest BCUT2D eigenvalue weighted by Gasteiger charge is -2.22. The summed E-state index contributed by atoms with van der Waals surface area (Å²) in [5, 5.41) is 0. The third-order valence-corrected chi connectivity index (χ3v) is 5.15. The van der Waals surface area contributed by atoms with Crippen LogP contribution in [-0.2, 0) is 20.5 Å². The third-order valence-electron chi connectivity index (χ3n) is 3.22.